The third-order valence-electron chi connectivity index (χ3n) is 3.63. The average molecular weight is 388 g/mol. The van der Waals surface area contributed by atoms with Crippen molar-refractivity contribution in [2.75, 3.05) is 24.7 Å². The van der Waals surface area contributed by atoms with Crippen LogP contribution in [0.15, 0.2) is 42.5 Å². The number of rotatable bonds is 8. The summed E-state index contributed by atoms with van der Waals surface area (Å²) in [4.78, 5) is 25.7. The second kappa shape index (κ2) is 10.0. The molecule has 2 aromatic rings. The van der Waals surface area contributed by atoms with E-state index in [0.717, 1.165) is 12.1 Å². The van der Waals surface area contributed by atoms with Gasteiger partial charge in [0.2, 0.25) is 0 Å². The molecule has 0 aromatic heterocycles. The molecule has 0 aliphatic rings. The standard InChI is InChI=1S/C20H18F2N2O4/c1-2-27-18-6-4-17(5-7-18)24(9-3-8-23)19(25)13-28-20(26)14-10-15(21)12-16(22)11-14/h4-7,10-12H,2-3,9,13H2,1H3. The number of ether oxygens (including phenoxy) is 2. The molecule has 0 heterocycles. The molecule has 0 atom stereocenters. The summed E-state index contributed by atoms with van der Waals surface area (Å²) in [6, 6.07) is 10.8. The maximum absolute atomic E-state index is 13.2. The second-order valence-corrected chi connectivity index (χ2v) is 5.61. The zero-order chi connectivity index (χ0) is 20.5. The highest BCUT2D eigenvalue weighted by molar-refractivity contribution is 5.97. The highest BCUT2D eigenvalue weighted by atomic mass is 19.1. The monoisotopic (exact) mass is 388 g/mol. The number of nitrogens with zero attached hydrogens (tertiary/aromatic N) is 2. The Morgan fingerprint density at radius 3 is 2.32 bits per heavy atom. The maximum atomic E-state index is 13.2. The van der Waals surface area contributed by atoms with Crippen LogP contribution >= 0.6 is 0 Å². The number of hydrogen-bond acceptors (Lipinski definition) is 5. The van der Waals surface area contributed by atoms with Crippen LogP contribution in [0.1, 0.15) is 23.7 Å². The van der Waals surface area contributed by atoms with Crippen LogP contribution in [-0.4, -0.2) is 31.6 Å². The number of hydrogen-bond donors (Lipinski definition) is 0. The smallest absolute Gasteiger partial charge is 0.338 e. The Morgan fingerprint density at radius 2 is 1.75 bits per heavy atom. The van der Waals surface area contributed by atoms with E-state index in [2.05, 4.69) is 0 Å². The first-order valence-corrected chi connectivity index (χ1v) is 8.48. The summed E-state index contributed by atoms with van der Waals surface area (Å²) in [5.74, 6) is -2.84. The van der Waals surface area contributed by atoms with E-state index in [4.69, 9.17) is 14.7 Å². The van der Waals surface area contributed by atoms with Gasteiger partial charge in [0.05, 0.1) is 24.7 Å². The van der Waals surface area contributed by atoms with Gasteiger partial charge in [0.15, 0.2) is 6.61 Å². The molecule has 2 aromatic carbocycles. The number of amides is 1. The lowest BCUT2D eigenvalue weighted by atomic mass is 10.2. The molecular formula is C20H18F2N2O4. The molecule has 6 nitrogen and oxygen atoms in total. The van der Waals surface area contributed by atoms with Gasteiger partial charge in [0.25, 0.3) is 5.91 Å². The second-order valence-electron chi connectivity index (χ2n) is 5.61. The van der Waals surface area contributed by atoms with Gasteiger partial charge < -0.3 is 14.4 Å². The van der Waals surface area contributed by atoms with Crippen molar-refractivity contribution in [3.8, 4) is 11.8 Å². The van der Waals surface area contributed by atoms with E-state index in [1.54, 1.807) is 24.3 Å². The summed E-state index contributed by atoms with van der Waals surface area (Å²) in [6.07, 6.45) is 0.0714. The number of halogens is 2. The van der Waals surface area contributed by atoms with Gasteiger partial charge in [0, 0.05) is 18.3 Å². The fourth-order valence-electron chi connectivity index (χ4n) is 2.41. The molecule has 0 unspecified atom stereocenters. The molecule has 0 spiro atoms. The molecule has 0 bridgehead atoms. The fraction of sp³-hybridized carbons (Fsp3) is 0.250. The Hall–Kier alpha value is -3.47. The molecule has 0 fully saturated rings. The molecule has 0 radical (unpaired) electrons. The van der Waals surface area contributed by atoms with Crippen molar-refractivity contribution in [2.45, 2.75) is 13.3 Å². The Bertz CT molecular complexity index is 859. The number of benzene rings is 2. The molecule has 8 heteroatoms. The zero-order valence-electron chi connectivity index (χ0n) is 15.2. The van der Waals surface area contributed by atoms with Gasteiger partial charge in [-0.15, -0.1) is 0 Å². The predicted octanol–water partition coefficient (Wildman–Crippen LogP) is 3.47. The highest BCUT2D eigenvalue weighted by Crippen LogP contribution is 2.20. The first kappa shape index (κ1) is 20.8. The minimum absolute atomic E-state index is 0.0714. The lowest BCUT2D eigenvalue weighted by Gasteiger charge is -2.22. The lowest BCUT2D eigenvalue weighted by Crippen LogP contribution is -2.35. The average Bonchev–Trinajstić information content (AvgIpc) is 2.67. The van der Waals surface area contributed by atoms with Gasteiger partial charge in [-0.1, -0.05) is 0 Å². The number of carbonyl (C=O) groups is 2. The molecule has 28 heavy (non-hydrogen) atoms. The van der Waals surface area contributed by atoms with Crippen molar-refractivity contribution in [1.82, 2.24) is 0 Å². The van der Waals surface area contributed by atoms with E-state index in [9.17, 15) is 18.4 Å². The summed E-state index contributed by atoms with van der Waals surface area (Å²) in [7, 11) is 0. The van der Waals surface area contributed by atoms with Crippen LogP contribution in [0.3, 0.4) is 0 Å². The van der Waals surface area contributed by atoms with Gasteiger partial charge in [0.1, 0.15) is 17.4 Å². The third kappa shape index (κ3) is 5.77. The number of esters is 1. The van der Waals surface area contributed by atoms with Crippen molar-refractivity contribution in [3.63, 3.8) is 0 Å². The van der Waals surface area contributed by atoms with Crippen molar-refractivity contribution >= 4 is 17.6 Å². The van der Waals surface area contributed by atoms with Crippen LogP contribution < -0.4 is 9.64 Å². The molecule has 2 rings (SSSR count). The van der Waals surface area contributed by atoms with Gasteiger partial charge in [-0.05, 0) is 43.3 Å². The molecule has 0 saturated carbocycles. The number of carbonyl (C=O) groups excluding carboxylic acids is 2. The molecule has 0 saturated heterocycles. The first-order valence-electron chi connectivity index (χ1n) is 8.48. The van der Waals surface area contributed by atoms with E-state index in [0.29, 0.717) is 24.1 Å². The van der Waals surface area contributed by atoms with Crippen LogP contribution in [-0.2, 0) is 9.53 Å². The van der Waals surface area contributed by atoms with Gasteiger partial charge in [-0.3, -0.25) is 4.79 Å². The van der Waals surface area contributed by atoms with Crippen molar-refractivity contribution in [3.05, 3.63) is 59.7 Å². The number of nitriles is 1. The fourth-order valence-corrected chi connectivity index (χ4v) is 2.41. The largest absolute Gasteiger partial charge is 0.494 e. The van der Waals surface area contributed by atoms with Crippen LogP contribution in [0, 0.1) is 23.0 Å². The molecule has 1 amide bonds. The normalized spacial score (nSPS) is 10.1. The predicted molar refractivity (Wildman–Crippen MR) is 96.8 cm³/mol. The van der Waals surface area contributed by atoms with Crippen LogP contribution in [0.5, 0.6) is 5.75 Å². The molecule has 0 aliphatic heterocycles. The van der Waals surface area contributed by atoms with Gasteiger partial charge in [-0.25, -0.2) is 13.6 Å². The van der Waals surface area contributed by atoms with E-state index < -0.39 is 30.1 Å². The first-order chi connectivity index (χ1) is 13.4. The van der Waals surface area contributed by atoms with Gasteiger partial charge >= 0.3 is 5.97 Å². The van der Waals surface area contributed by atoms with Crippen molar-refractivity contribution in [1.29, 1.82) is 5.26 Å². The Balaban J connectivity index is 2.07. The molecular weight excluding hydrogens is 370 g/mol. The highest BCUT2D eigenvalue weighted by Gasteiger charge is 2.19. The number of anilines is 1. The van der Waals surface area contributed by atoms with Crippen LogP contribution in [0.4, 0.5) is 14.5 Å². The summed E-state index contributed by atoms with van der Waals surface area (Å²) in [5.41, 5.74) is 0.159. The third-order valence-corrected chi connectivity index (χ3v) is 3.63. The summed E-state index contributed by atoms with van der Waals surface area (Å²) in [6.45, 7) is 1.79. The summed E-state index contributed by atoms with van der Waals surface area (Å²) >= 11 is 0. The minimum atomic E-state index is -1.03. The SMILES string of the molecule is CCOc1ccc(N(CCC#N)C(=O)COC(=O)c2cc(F)cc(F)c2)cc1. The Kier molecular flexibility index (Phi) is 7.45. The topological polar surface area (TPSA) is 79.6 Å². The Morgan fingerprint density at radius 1 is 1.11 bits per heavy atom. The van der Waals surface area contributed by atoms with E-state index >= 15 is 0 Å². The Labute approximate surface area is 160 Å². The zero-order valence-corrected chi connectivity index (χ0v) is 15.2. The minimum Gasteiger partial charge on any atom is -0.494 e. The molecule has 146 valence electrons. The lowest BCUT2D eigenvalue weighted by molar-refractivity contribution is -0.121. The molecule has 0 N–H and O–H groups in total. The molecule has 0 aliphatic carbocycles. The van der Waals surface area contributed by atoms with Crippen LogP contribution in [0.25, 0.3) is 0 Å². The van der Waals surface area contributed by atoms with Crippen molar-refractivity contribution in [2.24, 2.45) is 0 Å². The van der Waals surface area contributed by atoms with E-state index in [1.165, 1.54) is 4.90 Å². The van der Waals surface area contributed by atoms with Gasteiger partial charge in [-0.2, -0.15) is 5.26 Å². The van der Waals surface area contributed by atoms with Crippen LogP contribution in [0.2, 0.25) is 0 Å². The quantitative estimate of drug-likeness (QED) is 0.647. The van der Waals surface area contributed by atoms with E-state index in [1.807, 2.05) is 13.0 Å². The maximum Gasteiger partial charge on any atom is 0.338 e. The van der Waals surface area contributed by atoms with Crippen molar-refractivity contribution < 1.29 is 27.8 Å². The van der Waals surface area contributed by atoms with E-state index in [-0.39, 0.29) is 18.5 Å². The summed E-state index contributed by atoms with van der Waals surface area (Å²) in [5, 5.41) is 8.81. The summed E-state index contributed by atoms with van der Waals surface area (Å²) < 4.78 is 36.6.